The Morgan fingerprint density at radius 2 is 1.89 bits per heavy atom. The first kappa shape index (κ1) is 12.3. The van der Waals surface area contributed by atoms with Gasteiger partial charge >= 0.3 is 0 Å². The molecule has 2 heterocycles. The van der Waals surface area contributed by atoms with Crippen molar-refractivity contribution >= 4 is 28.9 Å². The van der Waals surface area contributed by atoms with E-state index in [1.165, 1.54) is 24.6 Å². The molecule has 0 aliphatic carbocycles. The minimum absolute atomic E-state index is 0.167. The number of rotatable bonds is 1. The Balaban J connectivity index is 1.77. The van der Waals surface area contributed by atoms with Crippen LogP contribution in [-0.2, 0) is 4.79 Å². The zero-order chi connectivity index (χ0) is 13.2. The van der Waals surface area contributed by atoms with Gasteiger partial charge in [-0.3, -0.25) is 4.79 Å². The summed E-state index contributed by atoms with van der Waals surface area (Å²) in [4.78, 5) is 18.8. The maximum Gasteiger partial charge on any atom is 0.286 e. The Bertz CT molecular complexity index is 557. The standard InChI is InChI=1S/C14H14N2O2S/c17-11-5-3-10(4-6-11)9-12-13(18)15-14(19-12)16-7-1-2-8-16/h3-6,9,17H,1-2,7-8H2/b12-9+. The van der Waals surface area contributed by atoms with Crippen molar-refractivity contribution in [2.75, 3.05) is 13.1 Å². The van der Waals surface area contributed by atoms with Gasteiger partial charge in [0, 0.05) is 13.1 Å². The number of hydrogen-bond donors (Lipinski definition) is 1. The maximum absolute atomic E-state index is 11.9. The third-order valence-corrected chi connectivity index (χ3v) is 4.22. The molecule has 0 aromatic heterocycles. The van der Waals surface area contributed by atoms with E-state index in [4.69, 9.17) is 0 Å². The van der Waals surface area contributed by atoms with E-state index in [1.54, 1.807) is 24.3 Å². The molecule has 1 amide bonds. The number of carbonyl (C=O) groups excluding carboxylic acids is 1. The highest BCUT2D eigenvalue weighted by Crippen LogP contribution is 2.31. The number of hydrogen-bond acceptors (Lipinski definition) is 4. The van der Waals surface area contributed by atoms with E-state index >= 15 is 0 Å². The number of aromatic hydroxyl groups is 1. The van der Waals surface area contributed by atoms with Gasteiger partial charge in [-0.2, -0.15) is 4.99 Å². The summed E-state index contributed by atoms with van der Waals surface area (Å²) in [6, 6.07) is 6.78. The number of amidine groups is 1. The van der Waals surface area contributed by atoms with Crippen molar-refractivity contribution in [1.29, 1.82) is 0 Å². The van der Waals surface area contributed by atoms with E-state index in [1.807, 2.05) is 6.08 Å². The fourth-order valence-corrected chi connectivity index (χ4v) is 3.13. The van der Waals surface area contributed by atoms with Crippen LogP contribution < -0.4 is 0 Å². The number of carbonyl (C=O) groups is 1. The largest absolute Gasteiger partial charge is 0.508 e. The first-order valence-corrected chi connectivity index (χ1v) is 7.10. The van der Waals surface area contributed by atoms with Gasteiger partial charge in [0.25, 0.3) is 5.91 Å². The molecule has 0 saturated carbocycles. The summed E-state index contributed by atoms with van der Waals surface area (Å²) < 4.78 is 0. The van der Waals surface area contributed by atoms with Gasteiger partial charge in [-0.05, 0) is 48.4 Å². The Morgan fingerprint density at radius 3 is 2.58 bits per heavy atom. The summed E-state index contributed by atoms with van der Waals surface area (Å²) in [5, 5.41) is 10.1. The lowest BCUT2D eigenvalue weighted by molar-refractivity contribution is -0.113. The number of benzene rings is 1. The number of phenolic OH excluding ortho intramolecular Hbond substituents is 1. The zero-order valence-corrected chi connectivity index (χ0v) is 11.2. The lowest BCUT2D eigenvalue weighted by Crippen LogP contribution is -2.23. The van der Waals surface area contributed by atoms with Crippen molar-refractivity contribution < 1.29 is 9.90 Å². The Morgan fingerprint density at radius 1 is 1.21 bits per heavy atom. The Labute approximate surface area is 115 Å². The molecule has 1 aromatic rings. The molecule has 98 valence electrons. The van der Waals surface area contributed by atoms with Gasteiger partial charge in [-0.15, -0.1) is 0 Å². The van der Waals surface area contributed by atoms with Crippen LogP contribution in [0.1, 0.15) is 18.4 Å². The van der Waals surface area contributed by atoms with Gasteiger partial charge in [0.05, 0.1) is 4.91 Å². The van der Waals surface area contributed by atoms with Crippen LogP contribution in [0, 0.1) is 0 Å². The summed E-state index contributed by atoms with van der Waals surface area (Å²) in [6.07, 6.45) is 4.16. The van der Waals surface area contributed by atoms with E-state index in [2.05, 4.69) is 9.89 Å². The van der Waals surface area contributed by atoms with Gasteiger partial charge in [0.1, 0.15) is 5.75 Å². The number of nitrogens with zero attached hydrogens (tertiary/aromatic N) is 2. The second-order valence-electron chi connectivity index (χ2n) is 4.60. The molecule has 2 aliphatic heterocycles. The fourth-order valence-electron chi connectivity index (χ4n) is 2.16. The minimum Gasteiger partial charge on any atom is -0.508 e. The van der Waals surface area contributed by atoms with Gasteiger partial charge in [0.2, 0.25) is 0 Å². The molecule has 5 heteroatoms. The zero-order valence-electron chi connectivity index (χ0n) is 10.4. The molecule has 0 radical (unpaired) electrons. The molecule has 19 heavy (non-hydrogen) atoms. The predicted molar refractivity (Wildman–Crippen MR) is 76.9 cm³/mol. The molecule has 4 nitrogen and oxygen atoms in total. The summed E-state index contributed by atoms with van der Waals surface area (Å²) >= 11 is 1.44. The van der Waals surface area contributed by atoms with Crippen LogP contribution in [-0.4, -0.2) is 34.2 Å². The molecule has 1 saturated heterocycles. The lowest BCUT2D eigenvalue weighted by Gasteiger charge is -2.14. The van der Waals surface area contributed by atoms with Gasteiger partial charge in [-0.1, -0.05) is 12.1 Å². The van der Waals surface area contributed by atoms with Crippen LogP contribution >= 0.6 is 11.8 Å². The second kappa shape index (κ2) is 5.09. The number of phenols is 1. The van der Waals surface area contributed by atoms with Crippen LogP contribution in [0.25, 0.3) is 6.08 Å². The number of likely N-dealkylation sites (tertiary alicyclic amines) is 1. The Hall–Kier alpha value is -1.75. The fraction of sp³-hybridized carbons (Fsp3) is 0.286. The molecule has 0 spiro atoms. The predicted octanol–water partition coefficient (Wildman–Crippen LogP) is 2.46. The molecular weight excluding hydrogens is 260 g/mol. The highest BCUT2D eigenvalue weighted by atomic mass is 32.2. The van der Waals surface area contributed by atoms with Gasteiger partial charge in [-0.25, -0.2) is 0 Å². The van der Waals surface area contributed by atoms with Crippen molar-refractivity contribution in [2.45, 2.75) is 12.8 Å². The maximum atomic E-state index is 11.9. The Kier molecular flexibility index (Phi) is 3.29. The number of amides is 1. The van der Waals surface area contributed by atoms with Crippen LogP contribution in [0.4, 0.5) is 0 Å². The molecule has 1 fully saturated rings. The molecule has 1 aromatic carbocycles. The monoisotopic (exact) mass is 274 g/mol. The van der Waals surface area contributed by atoms with Crippen molar-refractivity contribution in [2.24, 2.45) is 4.99 Å². The first-order chi connectivity index (χ1) is 9.22. The third-order valence-electron chi connectivity index (χ3n) is 3.18. The van der Waals surface area contributed by atoms with Gasteiger partial charge < -0.3 is 10.0 Å². The third kappa shape index (κ3) is 2.66. The molecule has 2 aliphatic rings. The topological polar surface area (TPSA) is 52.9 Å². The molecule has 1 N–H and O–H groups in total. The van der Waals surface area contributed by atoms with Crippen LogP contribution in [0.15, 0.2) is 34.2 Å². The van der Waals surface area contributed by atoms with E-state index in [0.29, 0.717) is 4.91 Å². The van der Waals surface area contributed by atoms with Crippen molar-refractivity contribution in [3.63, 3.8) is 0 Å². The summed E-state index contributed by atoms with van der Waals surface area (Å²) in [6.45, 7) is 1.98. The molecule has 0 atom stereocenters. The van der Waals surface area contributed by atoms with E-state index in [0.717, 1.165) is 23.8 Å². The van der Waals surface area contributed by atoms with Crippen LogP contribution in [0.3, 0.4) is 0 Å². The average molecular weight is 274 g/mol. The minimum atomic E-state index is -0.167. The second-order valence-corrected chi connectivity index (χ2v) is 5.60. The molecule has 0 bridgehead atoms. The summed E-state index contributed by atoms with van der Waals surface area (Å²) in [5.41, 5.74) is 0.895. The van der Waals surface area contributed by atoms with Crippen molar-refractivity contribution in [1.82, 2.24) is 4.90 Å². The normalized spacial score (nSPS) is 21.3. The SMILES string of the molecule is O=C1N=C(N2CCCC2)S/C1=C/c1ccc(O)cc1. The van der Waals surface area contributed by atoms with Crippen molar-refractivity contribution in [3.05, 3.63) is 34.7 Å². The molecule has 3 rings (SSSR count). The number of aliphatic imine (C=N–C) groups is 1. The highest BCUT2D eigenvalue weighted by Gasteiger charge is 2.27. The van der Waals surface area contributed by atoms with E-state index in [9.17, 15) is 9.90 Å². The first-order valence-electron chi connectivity index (χ1n) is 6.29. The van der Waals surface area contributed by atoms with E-state index in [-0.39, 0.29) is 11.7 Å². The smallest absolute Gasteiger partial charge is 0.286 e. The van der Waals surface area contributed by atoms with Gasteiger partial charge in [0.15, 0.2) is 5.17 Å². The summed E-state index contributed by atoms with van der Waals surface area (Å²) in [7, 11) is 0. The lowest BCUT2D eigenvalue weighted by atomic mass is 10.2. The number of thioether (sulfide) groups is 1. The van der Waals surface area contributed by atoms with E-state index < -0.39 is 0 Å². The highest BCUT2D eigenvalue weighted by molar-refractivity contribution is 8.18. The van der Waals surface area contributed by atoms with Crippen LogP contribution in [0.2, 0.25) is 0 Å². The van der Waals surface area contributed by atoms with Crippen LogP contribution in [0.5, 0.6) is 5.75 Å². The van der Waals surface area contributed by atoms with Crippen molar-refractivity contribution in [3.8, 4) is 5.75 Å². The summed E-state index contributed by atoms with van der Waals surface area (Å²) in [5.74, 6) is 0.0570. The molecule has 0 unspecified atom stereocenters. The molecular formula is C14H14N2O2S. The average Bonchev–Trinajstić information content (AvgIpc) is 3.03. The quantitative estimate of drug-likeness (QED) is 0.799.